The molecule has 0 bridgehead atoms. The van der Waals surface area contributed by atoms with Gasteiger partial charge in [-0.1, -0.05) is 66.9 Å². The van der Waals surface area contributed by atoms with Crippen LogP contribution in [0.1, 0.15) is 47.3 Å². The fourth-order valence-electron chi connectivity index (χ4n) is 4.32. The van der Waals surface area contributed by atoms with E-state index in [1.807, 2.05) is 54.6 Å². The van der Waals surface area contributed by atoms with Crippen LogP contribution >= 0.6 is 11.6 Å². The molecule has 6 nitrogen and oxygen atoms in total. The van der Waals surface area contributed by atoms with Crippen molar-refractivity contribution in [2.24, 2.45) is 0 Å². The van der Waals surface area contributed by atoms with Crippen LogP contribution in [0.15, 0.2) is 65.6 Å². The first-order valence-electron chi connectivity index (χ1n) is 10.4. The summed E-state index contributed by atoms with van der Waals surface area (Å²) in [6, 6.07) is 17.2. The predicted octanol–water partition coefficient (Wildman–Crippen LogP) is 4.04. The van der Waals surface area contributed by atoms with Crippen LogP contribution in [-0.4, -0.2) is 20.8 Å². The highest BCUT2D eigenvalue weighted by atomic mass is 35.5. The number of nitrogens with zero attached hydrogens (tertiary/aromatic N) is 2. The number of hydrogen-bond acceptors (Lipinski definition) is 4. The number of hydrogen-bond donors (Lipinski definition) is 2. The first kappa shape index (κ1) is 21.1. The zero-order valence-corrected chi connectivity index (χ0v) is 17.8. The maximum Gasteiger partial charge on any atom is 0.276 e. The Labute approximate surface area is 185 Å². The van der Waals surface area contributed by atoms with Crippen LogP contribution in [0.2, 0.25) is 5.02 Å². The van der Waals surface area contributed by atoms with E-state index in [1.54, 1.807) is 0 Å². The number of rotatable bonds is 6. The summed E-state index contributed by atoms with van der Waals surface area (Å²) in [6.45, 7) is 0.729. The summed E-state index contributed by atoms with van der Waals surface area (Å²) in [5.41, 5.74) is 0.791. The van der Waals surface area contributed by atoms with Gasteiger partial charge in [0.25, 0.3) is 11.3 Å². The van der Waals surface area contributed by atoms with Crippen LogP contribution < -0.4 is 10.7 Å². The van der Waals surface area contributed by atoms with E-state index in [0.29, 0.717) is 11.6 Å². The standard InChI is InChI=1S/C24H24ClN3O3/c25-19-10-8-18(9-11-19)24(12-4-5-13-24)16-28-15-20(29)22(30)21(27-28)23(31)26-14-17-6-2-1-3-7-17/h1-3,6-11,15,29H,4-5,12-14,16H2,(H,26,31). The minimum absolute atomic E-state index is 0.184. The average Bonchev–Trinajstić information content (AvgIpc) is 3.25. The molecule has 0 unspecified atom stereocenters. The number of aromatic hydroxyl groups is 1. The quantitative estimate of drug-likeness (QED) is 0.609. The largest absolute Gasteiger partial charge is 0.503 e. The molecule has 1 heterocycles. The van der Waals surface area contributed by atoms with Gasteiger partial charge in [-0.3, -0.25) is 14.3 Å². The molecule has 0 aliphatic heterocycles. The summed E-state index contributed by atoms with van der Waals surface area (Å²) in [4.78, 5) is 25.1. The van der Waals surface area contributed by atoms with Gasteiger partial charge in [-0.25, -0.2) is 0 Å². The minimum Gasteiger partial charge on any atom is -0.503 e. The average molecular weight is 438 g/mol. The second kappa shape index (κ2) is 8.94. The predicted molar refractivity (Wildman–Crippen MR) is 119 cm³/mol. The van der Waals surface area contributed by atoms with Gasteiger partial charge in [0, 0.05) is 17.0 Å². The van der Waals surface area contributed by atoms with Gasteiger partial charge in [-0.2, -0.15) is 5.10 Å². The van der Waals surface area contributed by atoms with Crippen LogP contribution in [0.3, 0.4) is 0 Å². The van der Waals surface area contributed by atoms with E-state index < -0.39 is 17.1 Å². The third-order valence-corrected chi connectivity index (χ3v) is 6.19. The molecule has 0 radical (unpaired) electrons. The number of carbonyl (C=O) groups is 1. The van der Waals surface area contributed by atoms with Crippen molar-refractivity contribution in [1.82, 2.24) is 15.1 Å². The zero-order valence-electron chi connectivity index (χ0n) is 17.1. The summed E-state index contributed by atoms with van der Waals surface area (Å²) >= 11 is 6.06. The molecule has 0 saturated heterocycles. The monoisotopic (exact) mass is 437 g/mol. The van der Waals surface area contributed by atoms with Gasteiger partial charge >= 0.3 is 0 Å². The van der Waals surface area contributed by atoms with Crippen molar-refractivity contribution in [2.45, 2.75) is 44.2 Å². The third-order valence-electron chi connectivity index (χ3n) is 5.94. The van der Waals surface area contributed by atoms with E-state index in [4.69, 9.17) is 11.6 Å². The number of aromatic nitrogens is 2. The van der Waals surface area contributed by atoms with E-state index in [9.17, 15) is 14.7 Å². The van der Waals surface area contributed by atoms with Crippen molar-refractivity contribution in [1.29, 1.82) is 0 Å². The Morgan fingerprint density at radius 3 is 2.45 bits per heavy atom. The summed E-state index contributed by atoms with van der Waals surface area (Å²) in [5.74, 6) is -1.09. The SMILES string of the molecule is O=C(NCc1ccccc1)c1nn(CC2(c3ccc(Cl)cc3)CCCC2)cc(O)c1=O. The van der Waals surface area contributed by atoms with Crippen molar-refractivity contribution in [2.75, 3.05) is 0 Å². The molecular formula is C24H24ClN3O3. The van der Waals surface area contributed by atoms with Crippen LogP contribution in [0, 0.1) is 0 Å². The van der Waals surface area contributed by atoms with Gasteiger partial charge in [0.1, 0.15) is 0 Å². The summed E-state index contributed by atoms with van der Waals surface area (Å²) < 4.78 is 1.52. The number of benzene rings is 2. The molecule has 31 heavy (non-hydrogen) atoms. The Morgan fingerprint density at radius 1 is 1.10 bits per heavy atom. The smallest absolute Gasteiger partial charge is 0.276 e. The highest BCUT2D eigenvalue weighted by molar-refractivity contribution is 6.30. The van der Waals surface area contributed by atoms with Crippen LogP contribution in [-0.2, 0) is 18.5 Å². The molecule has 1 fully saturated rings. The molecule has 1 saturated carbocycles. The number of amides is 1. The molecule has 3 aromatic rings. The molecule has 2 aromatic carbocycles. The normalized spacial score (nSPS) is 15.0. The van der Waals surface area contributed by atoms with E-state index in [0.717, 1.165) is 36.8 Å². The lowest BCUT2D eigenvalue weighted by Gasteiger charge is -2.30. The fraction of sp³-hybridized carbons (Fsp3) is 0.292. The molecule has 1 aliphatic carbocycles. The number of halogens is 1. The van der Waals surface area contributed by atoms with Crippen molar-refractivity contribution in [3.63, 3.8) is 0 Å². The second-order valence-electron chi connectivity index (χ2n) is 8.05. The molecule has 4 rings (SSSR count). The minimum atomic E-state index is -0.770. The molecule has 7 heteroatoms. The Balaban J connectivity index is 1.60. The van der Waals surface area contributed by atoms with Gasteiger partial charge in [-0.15, -0.1) is 0 Å². The van der Waals surface area contributed by atoms with Gasteiger partial charge in [0.05, 0.1) is 12.7 Å². The Hall–Kier alpha value is -3.12. The van der Waals surface area contributed by atoms with Crippen LogP contribution in [0.25, 0.3) is 0 Å². The van der Waals surface area contributed by atoms with E-state index in [1.165, 1.54) is 10.9 Å². The van der Waals surface area contributed by atoms with Crippen molar-refractivity contribution >= 4 is 17.5 Å². The third kappa shape index (κ3) is 4.64. The first-order chi connectivity index (χ1) is 15.0. The van der Waals surface area contributed by atoms with Crippen molar-refractivity contribution in [3.8, 4) is 5.75 Å². The lowest BCUT2D eigenvalue weighted by Crippen LogP contribution is -2.34. The molecule has 160 valence electrons. The lowest BCUT2D eigenvalue weighted by atomic mass is 9.79. The maximum atomic E-state index is 12.7. The van der Waals surface area contributed by atoms with Gasteiger partial charge in [0.2, 0.25) is 0 Å². The molecule has 0 spiro atoms. The molecule has 1 amide bonds. The van der Waals surface area contributed by atoms with Crippen molar-refractivity contribution in [3.05, 3.63) is 92.9 Å². The van der Waals surface area contributed by atoms with Crippen molar-refractivity contribution < 1.29 is 9.90 Å². The van der Waals surface area contributed by atoms with Crippen LogP contribution in [0.4, 0.5) is 0 Å². The Kier molecular flexibility index (Phi) is 6.09. The maximum absolute atomic E-state index is 12.7. The number of nitrogens with one attached hydrogen (secondary N) is 1. The highest BCUT2D eigenvalue weighted by Gasteiger charge is 2.36. The van der Waals surface area contributed by atoms with E-state index in [2.05, 4.69) is 10.4 Å². The molecular weight excluding hydrogens is 414 g/mol. The van der Waals surface area contributed by atoms with E-state index >= 15 is 0 Å². The Morgan fingerprint density at radius 2 is 1.77 bits per heavy atom. The summed E-state index contributed by atoms with van der Waals surface area (Å²) in [7, 11) is 0. The summed E-state index contributed by atoms with van der Waals surface area (Å²) in [6.07, 6.45) is 5.39. The fourth-order valence-corrected chi connectivity index (χ4v) is 4.44. The van der Waals surface area contributed by atoms with Crippen LogP contribution in [0.5, 0.6) is 5.75 Å². The zero-order chi connectivity index (χ0) is 21.8. The molecule has 1 aliphatic rings. The summed E-state index contributed by atoms with van der Waals surface area (Å²) in [5, 5.41) is 17.9. The van der Waals surface area contributed by atoms with Gasteiger partial charge < -0.3 is 10.4 Å². The Bertz CT molecular complexity index is 1120. The molecule has 0 atom stereocenters. The molecule has 1 aromatic heterocycles. The molecule has 2 N–H and O–H groups in total. The topological polar surface area (TPSA) is 84.2 Å². The van der Waals surface area contributed by atoms with Gasteiger partial charge in [0.15, 0.2) is 11.4 Å². The lowest BCUT2D eigenvalue weighted by molar-refractivity contribution is 0.0940. The number of carbonyl (C=O) groups excluding carboxylic acids is 1. The second-order valence-corrected chi connectivity index (χ2v) is 8.49. The first-order valence-corrected chi connectivity index (χ1v) is 10.7. The highest BCUT2D eigenvalue weighted by Crippen LogP contribution is 2.42. The van der Waals surface area contributed by atoms with Gasteiger partial charge in [-0.05, 0) is 36.1 Å². The van der Waals surface area contributed by atoms with E-state index in [-0.39, 0.29) is 17.7 Å².